The fourth-order valence-corrected chi connectivity index (χ4v) is 2.07. The molecular weight excluding hydrogens is 314 g/mol. The number of ether oxygens (including phenoxy) is 1. The van der Waals surface area contributed by atoms with E-state index in [-0.39, 0.29) is 0 Å². The Morgan fingerprint density at radius 1 is 1.28 bits per heavy atom. The number of halogens is 2. The van der Waals surface area contributed by atoms with Gasteiger partial charge in [0.2, 0.25) is 0 Å². The highest BCUT2D eigenvalue weighted by Crippen LogP contribution is 2.27. The van der Waals surface area contributed by atoms with Crippen LogP contribution in [0.1, 0.15) is 16.7 Å². The lowest BCUT2D eigenvalue weighted by Gasteiger charge is -2.10. The Bertz CT molecular complexity index is 548. The zero-order valence-electron chi connectivity index (χ0n) is 10.2. The lowest BCUT2D eigenvalue weighted by atomic mass is 10.1. The third-order valence-electron chi connectivity index (χ3n) is 2.66. The van der Waals surface area contributed by atoms with E-state index in [9.17, 15) is 0 Å². The molecule has 1 heterocycles. The molecule has 18 heavy (non-hydrogen) atoms. The van der Waals surface area contributed by atoms with Crippen molar-refractivity contribution >= 4 is 27.5 Å². The van der Waals surface area contributed by atoms with Gasteiger partial charge in [-0.05, 0) is 43.2 Å². The largest absolute Gasteiger partial charge is 0.489 e. The molecule has 2 rings (SSSR count). The highest BCUT2D eigenvalue weighted by atomic mass is 79.9. The van der Waals surface area contributed by atoms with Crippen LogP contribution in [0.4, 0.5) is 0 Å². The maximum atomic E-state index is 6.03. The summed E-state index contributed by atoms with van der Waals surface area (Å²) in [6, 6.07) is 5.87. The zero-order chi connectivity index (χ0) is 13.1. The molecule has 0 amide bonds. The molecule has 0 aliphatic heterocycles. The number of pyridine rings is 1. The van der Waals surface area contributed by atoms with Crippen molar-refractivity contribution in [3.05, 3.63) is 56.8 Å². The van der Waals surface area contributed by atoms with Gasteiger partial charge in [0.15, 0.2) is 0 Å². The quantitative estimate of drug-likeness (QED) is 0.816. The van der Waals surface area contributed by atoms with Crippen molar-refractivity contribution in [2.24, 2.45) is 0 Å². The molecule has 0 bridgehead atoms. The van der Waals surface area contributed by atoms with Crippen molar-refractivity contribution in [1.29, 1.82) is 0 Å². The predicted molar refractivity (Wildman–Crippen MR) is 77.2 cm³/mol. The molecule has 1 aromatic heterocycles. The normalized spacial score (nSPS) is 10.4. The van der Waals surface area contributed by atoms with Crippen molar-refractivity contribution < 1.29 is 4.74 Å². The van der Waals surface area contributed by atoms with Crippen LogP contribution in [0, 0.1) is 13.8 Å². The Hall–Kier alpha value is -1.06. The van der Waals surface area contributed by atoms with Gasteiger partial charge in [-0.15, -0.1) is 0 Å². The molecule has 0 spiro atoms. The minimum Gasteiger partial charge on any atom is -0.489 e. The molecule has 0 fully saturated rings. The first-order valence-corrected chi connectivity index (χ1v) is 6.73. The molecule has 0 radical (unpaired) electrons. The predicted octanol–water partition coefficient (Wildman–Crippen LogP) is 4.69. The highest BCUT2D eigenvalue weighted by Gasteiger charge is 2.05. The van der Waals surface area contributed by atoms with Crippen molar-refractivity contribution in [3.8, 4) is 5.75 Å². The van der Waals surface area contributed by atoms with Crippen molar-refractivity contribution in [2.45, 2.75) is 20.5 Å². The molecule has 2 aromatic rings. The van der Waals surface area contributed by atoms with E-state index in [2.05, 4.69) is 20.9 Å². The van der Waals surface area contributed by atoms with E-state index < -0.39 is 0 Å². The third-order valence-corrected chi connectivity index (χ3v) is 4.25. The number of benzene rings is 1. The Kier molecular flexibility index (Phi) is 4.25. The summed E-state index contributed by atoms with van der Waals surface area (Å²) in [5, 5.41) is 0.628. The second kappa shape index (κ2) is 5.72. The van der Waals surface area contributed by atoms with Gasteiger partial charge in [0.1, 0.15) is 12.4 Å². The number of aromatic nitrogens is 1. The van der Waals surface area contributed by atoms with E-state index in [1.807, 2.05) is 32.0 Å². The van der Waals surface area contributed by atoms with E-state index in [4.69, 9.17) is 16.3 Å². The number of hydrogen-bond acceptors (Lipinski definition) is 2. The monoisotopic (exact) mass is 325 g/mol. The van der Waals surface area contributed by atoms with Gasteiger partial charge in [0.05, 0.1) is 5.02 Å². The first-order chi connectivity index (χ1) is 8.58. The van der Waals surface area contributed by atoms with Gasteiger partial charge in [-0.25, -0.2) is 0 Å². The van der Waals surface area contributed by atoms with Gasteiger partial charge in [-0.2, -0.15) is 0 Å². The van der Waals surface area contributed by atoms with Crippen molar-refractivity contribution in [3.63, 3.8) is 0 Å². The molecule has 0 atom stereocenters. The van der Waals surface area contributed by atoms with E-state index in [0.717, 1.165) is 26.9 Å². The molecule has 0 saturated heterocycles. The van der Waals surface area contributed by atoms with Crippen LogP contribution >= 0.6 is 27.5 Å². The van der Waals surface area contributed by atoms with E-state index in [1.165, 1.54) is 0 Å². The molecule has 0 unspecified atom stereocenters. The number of aryl methyl sites for hydroxylation is 2. The van der Waals surface area contributed by atoms with Crippen molar-refractivity contribution in [1.82, 2.24) is 4.98 Å². The molecule has 0 saturated carbocycles. The number of nitrogens with zero attached hydrogens (tertiary/aromatic N) is 1. The SMILES string of the molecule is Cc1cc(OCc2ccncc2Cl)cc(C)c1Br. The van der Waals surface area contributed by atoms with Crippen LogP contribution in [-0.4, -0.2) is 4.98 Å². The summed E-state index contributed by atoms with van der Waals surface area (Å²) in [6.45, 7) is 4.54. The summed E-state index contributed by atoms with van der Waals surface area (Å²) in [7, 11) is 0. The second-order valence-corrected chi connectivity index (χ2v) is 5.33. The van der Waals surface area contributed by atoms with Gasteiger partial charge in [0, 0.05) is 22.4 Å². The van der Waals surface area contributed by atoms with Crippen LogP contribution in [0.25, 0.3) is 0 Å². The van der Waals surface area contributed by atoms with Crippen LogP contribution in [0.5, 0.6) is 5.75 Å². The Balaban J connectivity index is 2.14. The maximum absolute atomic E-state index is 6.03. The first kappa shape index (κ1) is 13.4. The van der Waals surface area contributed by atoms with E-state index >= 15 is 0 Å². The van der Waals surface area contributed by atoms with Gasteiger partial charge in [-0.3, -0.25) is 4.98 Å². The van der Waals surface area contributed by atoms with Crippen LogP contribution in [0.15, 0.2) is 35.1 Å². The average molecular weight is 327 g/mol. The van der Waals surface area contributed by atoms with E-state index in [1.54, 1.807) is 12.4 Å². The third kappa shape index (κ3) is 3.03. The smallest absolute Gasteiger partial charge is 0.120 e. The fraction of sp³-hybridized carbons (Fsp3) is 0.214. The molecule has 4 heteroatoms. The first-order valence-electron chi connectivity index (χ1n) is 5.56. The summed E-state index contributed by atoms with van der Waals surface area (Å²) in [5.41, 5.74) is 3.25. The lowest BCUT2D eigenvalue weighted by molar-refractivity contribution is 0.305. The Morgan fingerprint density at radius 2 is 1.94 bits per heavy atom. The molecule has 0 aliphatic carbocycles. The van der Waals surface area contributed by atoms with Crippen LogP contribution in [-0.2, 0) is 6.61 Å². The molecule has 2 nitrogen and oxygen atoms in total. The minimum atomic E-state index is 0.446. The fourth-order valence-electron chi connectivity index (χ4n) is 1.67. The number of rotatable bonds is 3. The summed E-state index contributed by atoms with van der Waals surface area (Å²) in [6.07, 6.45) is 3.33. The van der Waals surface area contributed by atoms with Gasteiger partial charge >= 0.3 is 0 Å². The second-order valence-electron chi connectivity index (χ2n) is 4.13. The van der Waals surface area contributed by atoms with Crippen LogP contribution in [0.2, 0.25) is 5.02 Å². The average Bonchev–Trinajstić information content (AvgIpc) is 2.35. The maximum Gasteiger partial charge on any atom is 0.120 e. The Morgan fingerprint density at radius 3 is 2.56 bits per heavy atom. The Labute approximate surface area is 120 Å². The molecule has 1 aromatic carbocycles. The minimum absolute atomic E-state index is 0.446. The zero-order valence-corrected chi connectivity index (χ0v) is 12.5. The van der Waals surface area contributed by atoms with Crippen LogP contribution in [0.3, 0.4) is 0 Å². The molecular formula is C14H13BrClNO. The topological polar surface area (TPSA) is 22.1 Å². The molecule has 0 aliphatic rings. The summed E-state index contributed by atoms with van der Waals surface area (Å²) in [5.74, 6) is 0.848. The van der Waals surface area contributed by atoms with Crippen LogP contribution < -0.4 is 4.74 Å². The summed E-state index contributed by atoms with van der Waals surface area (Å²) >= 11 is 9.56. The van der Waals surface area contributed by atoms with Gasteiger partial charge in [-0.1, -0.05) is 27.5 Å². The number of hydrogen-bond donors (Lipinski definition) is 0. The lowest BCUT2D eigenvalue weighted by Crippen LogP contribution is -1.97. The van der Waals surface area contributed by atoms with Gasteiger partial charge < -0.3 is 4.74 Å². The highest BCUT2D eigenvalue weighted by molar-refractivity contribution is 9.10. The van der Waals surface area contributed by atoms with Gasteiger partial charge in [0.25, 0.3) is 0 Å². The standard InChI is InChI=1S/C14H13BrClNO/c1-9-5-12(6-10(2)14(9)15)18-8-11-3-4-17-7-13(11)16/h3-7H,8H2,1-2H3. The van der Waals surface area contributed by atoms with Crippen molar-refractivity contribution in [2.75, 3.05) is 0 Å². The molecule has 0 N–H and O–H groups in total. The molecule has 94 valence electrons. The summed E-state index contributed by atoms with van der Waals surface area (Å²) < 4.78 is 6.88. The summed E-state index contributed by atoms with van der Waals surface area (Å²) in [4.78, 5) is 3.95. The van der Waals surface area contributed by atoms with E-state index in [0.29, 0.717) is 11.6 Å².